The summed E-state index contributed by atoms with van der Waals surface area (Å²) in [6, 6.07) is 9.39. The molecular formula is C19H19N5O3S. The van der Waals surface area contributed by atoms with Crippen molar-refractivity contribution in [3.8, 4) is 22.9 Å². The smallest absolute Gasteiger partial charge is 0.233 e. The molecule has 0 radical (unpaired) electrons. The molecule has 1 N–H and O–H groups in total. The maximum Gasteiger partial charge on any atom is 0.233 e. The lowest BCUT2D eigenvalue weighted by atomic mass is 10.2. The van der Waals surface area contributed by atoms with E-state index in [0.717, 1.165) is 22.7 Å². The van der Waals surface area contributed by atoms with Crippen LogP contribution < -0.4 is 14.8 Å². The van der Waals surface area contributed by atoms with E-state index in [1.165, 1.54) is 11.8 Å². The Bertz CT molecular complexity index is 992. The van der Waals surface area contributed by atoms with Gasteiger partial charge in [-0.25, -0.2) is 0 Å². The quantitative estimate of drug-likeness (QED) is 0.639. The molecule has 2 aromatic heterocycles. The van der Waals surface area contributed by atoms with Gasteiger partial charge in [-0.05, 0) is 36.8 Å². The number of hydrogen-bond donors (Lipinski definition) is 1. The van der Waals surface area contributed by atoms with Gasteiger partial charge in [0.15, 0.2) is 22.5 Å². The topological polar surface area (TPSA) is 91.2 Å². The molecule has 0 fully saturated rings. The van der Waals surface area contributed by atoms with Crippen LogP contribution in [0.15, 0.2) is 47.9 Å². The molecule has 1 aromatic carbocycles. The number of fused-ring (bicyclic) bond motifs is 1. The normalized spacial score (nSPS) is 13.4. The van der Waals surface area contributed by atoms with Crippen molar-refractivity contribution >= 4 is 17.7 Å². The zero-order chi connectivity index (χ0) is 19.5. The Balaban J connectivity index is 1.36. The SMILES string of the molecule is C[C@@H](Sc1nnc(-c2ccncc2)n1C)C(=O)NCc1ccc2c(c1)OCO2. The summed E-state index contributed by atoms with van der Waals surface area (Å²) in [7, 11) is 1.88. The van der Waals surface area contributed by atoms with Gasteiger partial charge in [0.05, 0.1) is 5.25 Å². The number of amides is 1. The maximum atomic E-state index is 12.5. The van der Waals surface area contributed by atoms with Crippen molar-refractivity contribution in [3.63, 3.8) is 0 Å². The third kappa shape index (κ3) is 3.79. The average molecular weight is 397 g/mol. The lowest BCUT2D eigenvalue weighted by Crippen LogP contribution is -2.30. The van der Waals surface area contributed by atoms with E-state index in [-0.39, 0.29) is 18.0 Å². The predicted molar refractivity (Wildman–Crippen MR) is 104 cm³/mol. The summed E-state index contributed by atoms with van der Waals surface area (Å²) in [6.45, 7) is 2.50. The second-order valence-electron chi connectivity index (χ2n) is 6.27. The number of rotatable bonds is 6. The van der Waals surface area contributed by atoms with E-state index >= 15 is 0 Å². The number of thioether (sulfide) groups is 1. The third-order valence-corrected chi connectivity index (χ3v) is 5.46. The molecule has 144 valence electrons. The summed E-state index contributed by atoms with van der Waals surface area (Å²) in [5, 5.41) is 11.8. The van der Waals surface area contributed by atoms with Gasteiger partial charge in [0.1, 0.15) is 0 Å². The minimum absolute atomic E-state index is 0.0730. The predicted octanol–water partition coefficient (Wildman–Crippen LogP) is 2.40. The van der Waals surface area contributed by atoms with Crippen molar-refractivity contribution < 1.29 is 14.3 Å². The highest BCUT2D eigenvalue weighted by Gasteiger charge is 2.20. The molecule has 28 heavy (non-hydrogen) atoms. The van der Waals surface area contributed by atoms with Crippen LogP contribution in [-0.4, -0.2) is 37.7 Å². The van der Waals surface area contributed by atoms with Crippen LogP contribution in [0.5, 0.6) is 11.5 Å². The Morgan fingerprint density at radius 2 is 2.00 bits per heavy atom. The Labute approximate surface area is 166 Å². The standard InChI is InChI=1S/C19H19N5O3S/c1-12(18(25)21-10-13-3-4-15-16(9-13)27-11-26-15)28-19-23-22-17(24(19)2)14-5-7-20-8-6-14/h3-9,12H,10-11H2,1-2H3,(H,21,25)/t12-/m1/s1. The molecule has 0 aliphatic carbocycles. The first-order valence-electron chi connectivity index (χ1n) is 8.74. The molecule has 0 saturated heterocycles. The first-order chi connectivity index (χ1) is 13.6. The third-order valence-electron chi connectivity index (χ3n) is 4.33. The molecule has 1 aliphatic rings. The Hall–Kier alpha value is -3.07. The fraction of sp³-hybridized carbons (Fsp3) is 0.263. The summed E-state index contributed by atoms with van der Waals surface area (Å²) in [4.78, 5) is 16.5. The number of nitrogens with one attached hydrogen (secondary N) is 1. The zero-order valence-corrected chi connectivity index (χ0v) is 16.3. The van der Waals surface area contributed by atoms with Crippen LogP contribution in [0.2, 0.25) is 0 Å². The molecule has 0 bridgehead atoms. The number of benzene rings is 1. The van der Waals surface area contributed by atoms with Gasteiger partial charge in [-0.2, -0.15) is 0 Å². The molecule has 0 saturated carbocycles. The molecule has 0 unspecified atom stereocenters. The number of carbonyl (C=O) groups excluding carboxylic acids is 1. The summed E-state index contributed by atoms with van der Waals surface area (Å²) in [5.41, 5.74) is 1.88. The number of ether oxygens (including phenoxy) is 2. The van der Waals surface area contributed by atoms with Gasteiger partial charge >= 0.3 is 0 Å². The summed E-state index contributed by atoms with van der Waals surface area (Å²) < 4.78 is 12.5. The van der Waals surface area contributed by atoms with Gasteiger partial charge in [-0.15, -0.1) is 10.2 Å². The largest absolute Gasteiger partial charge is 0.454 e. The molecule has 4 rings (SSSR count). The Morgan fingerprint density at radius 3 is 2.82 bits per heavy atom. The second kappa shape index (κ2) is 7.89. The summed E-state index contributed by atoms with van der Waals surface area (Å²) >= 11 is 1.37. The molecule has 3 aromatic rings. The highest BCUT2D eigenvalue weighted by atomic mass is 32.2. The fourth-order valence-corrected chi connectivity index (χ4v) is 3.60. The lowest BCUT2D eigenvalue weighted by Gasteiger charge is -2.12. The molecule has 3 heterocycles. The van der Waals surface area contributed by atoms with Crippen LogP contribution >= 0.6 is 11.8 Å². The first-order valence-corrected chi connectivity index (χ1v) is 9.62. The highest BCUT2D eigenvalue weighted by molar-refractivity contribution is 8.00. The van der Waals surface area contributed by atoms with Crippen LogP contribution in [0.4, 0.5) is 0 Å². The van der Waals surface area contributed by atoms with Crippen molar-refractivity contribution in [2.75, 3.05) is 6.79 Å². The van der Waals surface area contributed by atoms with E-state index in [0.29, 0.717) is 17.5 Å². The molecule has 1 atom stereocenters. The number of nitrogens with zero attached hydrogens (tertiary/aromatic N) is 4. The molecule has 1 amide bonds. The lowest BCUT2D eigenvalue weighted by molar-refractivity contribution is -0.120. The van der Waals surface area contributed by atoms with Crippen LogP contribution in [0, 0.1) is 0 Å². The van der Waals surface area contributed by atoms with Gasteiger partial charge in [0.2, 0.25) is 12.7 Å². The Morgan fingerprint density at radius 1 is 1.21 bits per heavy atom. The van der Waals surface area contributed by atoms with E-state index in [1.54, 1.807) is 12.4 Å². The molecule has 9 heteroatoms. The van der Waals surface area contributed by atoms with Gasteiger partial charge in [-0.1, -0.05) is 17.8 Å². The zero-order valence-electron chi connectivity index (χ0n) is 15.5. The summed E-state index contributed by atoms with van der Waals surface area (Å²) in [5.74, 6) is 2.09. The van der Waals surface area contributed by atoms with Gasteiger partial charge in [-0.3, -0.25) is 9.78 Å². The van der Waals surface area contributed by atoms with Crippen LogP contribution in [0.1, 0.15) is 12.5 Å². The highest BCUT2D eigenvalue weighted by Crippen LogP contribution is 2.32. The van der Waals surface area contributed by atoms with Crippen LogP contribution in [-0.2, 0) is 18.4 Å². The fourth-order valence-electron chi connectivity index (χ4n) is 2.77. The van der Waals surface area contributed by atoms with E-state index in [2.05, 4.69) is 20.5 Å². The number of hydrogen-bond acceptors (Lipinski definition) is 7. The number of pyridine rings is 1. The average Bonchev–Trinajstić information content (AvgIpc) is 3.33. The van der Waals surface area contributed by atoms with Crippen molar-refractivity contribution in [2.45, 2.75) is 23.9 Å². The van der Waals surface area contributed by atoms with Gasteiger partial charge < -0.3 is 19.4 Å². The number of carbonyl (C=O) groups is 1. The van der Waals surface area contributed by atoms with E-state index in [1.807, 2.05) is 48.9 Å². The van der Waals surface area contributed by atoms with Gasteiger partial charge in [0, 0.05) is 31.5 Å². The second-order valence-corrected chi connectivity index (χ2v) is 7.57. The van der Waals surface area contributed by atoms with Crippen molar-refractivity contribution in [1.82, 2.24) is 25.1 Å². The molecule has 8 nitrogen and oxygen atoms in total. The van der Waals surface area contributed by atoms with Crippen molar-refractivity contribution in [2.24, 2.45) is 7.05 Å². The molecule has 1 aliphatic heterocycles. The van der Waals surface area contributed by atoms with Crippen LogP contribution in [0.3, 0.4) is 0 Å². The number of aromatic nitrogens is 4. The first kappa shape index (κ1) is 18.3. The van der Waals surface area contributed by atoms with E-state index < -0.39 is 0 Å². The summed E-state index contributed by atoms with van der Waals surface area (Å²) in [6.07, 6.45) is 3.42. The van der Waals surface area contributed by atoms with Crippen LogP contribution in [0.25, 0.3) is 11.4 Å². The van der Waals surface area contributed by atoms with Gasteiger partial charge in [0.25, 0.3) is 0 Å². The Kier molecular flexibility index (Phi) is 5.16. The minimum atomic E-state index is -0.317. The van der Waals surface area contributed by atoms with E-state index in [4.69, 9.17) is 9.47 Å². The monoisotopic (exact) mass is 397 g/mol. The molecular weight excluding hydrogens is 378 g/mol. The maximum absolute atomic E-state index is 12.5. The molecule has 0 spiro atoms. The minimum Gasteiger partial charge on any atom is -0.454 e. The van der Waals surface area contributed by atoms with E-state index in [9.17, 15) is 4.79 Å². The van der Waals surface area contributed by atoms with Crippen molar-refractivity contribution in [1.29, 1.82) is 0 Å². The van der Waals surface area contributed by atoms with Crippen molar-refractivity contribution in [3.05, 3.63) is 48.3 Å².